The van der Waals surface area contributed by atoms with Gasteiger partial charge in [-0.1, -0.05) is 42.0 Å². The van der Waals surface area contributed by atoms with Gasteiger partial charge in [0.15, 0.2) is 5.78 Å². The van der Waals surface area contributed by atoms with Gasteiger partial charge in [0.2, 0.25) is 0 Å². The number of anilines is 1. The molecule has 0 bridgehead atoms. The molecule has 0 N–H and O–H groups in total. The second-order valence-electron chi connectivity index (χ2n) is 8.37. The lowest BCUT2D eigenvalue weighted by Crippen LogP contribution is -2.26. The maximum absolute atomic E-state index is 12.7. The van der Waals surface area contributed by atoms with Gasteiger partial charge in [0.25, 0.3) is 0 Å². The fourth-order valence-electron chi connectivity index (χ4n) is 4.82. The summed E-state index contributed by atoms with van der Waals surface area (Å²) < 4.78 is 0. The van der Waals surface area contributed by atoms with E-state index in [0.717, 1.165) is 25.8 Å². The lowest BCUT2D eigenvalue weighted by Gasteiger charge is -2.30. The maximum Gasteiger partial charge on any atom is 0.151 e. The van der Waals surface area contributed by atoms with Crippen LogP contribution in [0.15, 0.2) is 42.5 Å². The third-order valence-electron chi connectivity index (χ3n) is 6.34. The monoisotopic (exact) mass is 362 g/mol. The first-order valence-electron chi connectivity index (χ1n) is 10.2. The van der Waals surface area contributed by atoms with Gasteiger partial charge in [-0.25, -0.2) is 0 Å². The molecule has 4 rings (SSSR count). The molecular formula is C24H30N2O. The number of rotatable bonds is 4. The average Bonchev–Trinajstić information content (AvgIpc) is 2.94. The summed E-state index contributed by atoms with van der Waals surface area (Å²) in [5, 5.41) is 0. The summed E-state index contributed by atoms with van der Waals surface area (Å²) in [5.74, 6) is 0.486. The summed E-state index contributed by atoms with van der Waals surface area (Å²) in [4.78, 5) is 17.3. The average molecular weight is 363 g/mol. The number of ketones is 1. The molecule has 0 amide bonds. The van der Waals surface area contributed by atoms with E-state index in [-0.39, 0.29) is 12.0 Å². The van der Waals surface area contributed by atoms with Crippen LogP contribution in [0.2, 0.25) is 0 Å². The Hall–Kier alpha value is -2.13. The van der Waals surface area contributed by atoms with Crippen molar-refractivity contribution in [2.75, 3.05) is 32.1 Å². The van der Waals surface area contributed by atoms with Gasteiger partial charge in [0, 0.05) is 31.2 Å². The Balaban J connectivity index is 1.56. The molecule has 0 spiro atoms. The van der Waals surface area contributed by atoms with Crippen molar-refractivity contribution in [3.63, 3.8) is 0 Å². The van der Waals surface area contributed by atoms with E-state index in [4.69, 9.17) is 0 Å². The Labute approximate surface area is 163 Å². The quantitative estimate of drug-likeness (QED) is 0.815. The van der Waals surface area contributed by atoms with Crippen LogP contribution in [0.3, 0.4) is 0 Å². The number of aryl methyl sites for hydroxylation is 3. The van der Waals surface area contributed by atoms with Crippen molar-refractivity contribution in [3.8, 4) is 0 Å². The number of hydrogen-bond acceptors (Lipinski definition) is 3. The maximum atomic E-state index is 12.7. The van der Waals surface area contributed by atoms with Crippen molar-refractivity contribution < 1.29 is 4.79 Å². The van der Waals surface area contributed by atoms with Gasteiger partial charge in [-0.15, -0.1) is 0 Å². The van der Waals surface area contributed by atoms with Crippen molar-refractivity contribution in [2.45, 2.75) is 38.6 Å². The van der Waals surface area contributed by atoms with E-state index in [1.165, 1.54) is 34.4 Å². The predicted octanol–water partition coefficient (Wildman–Crippen LogP) is 4.18. The lowest BCUT2D eigenvalue weighted by molar-refractivity contribution is -0.120. The number of carbonyl (C=O) groups is 1. The highest BCUT2D eigenvalue weighted by Gasteiger charge is 2.39. The number of fused-ring (bicyclic) bond motifs is 1. The van der Waals surface area contributed by atoms with Crippen LogP contribution in [0.5, 0.6) is 0 Å². The lowest BCUT2D eigenvalue weighted by atomic mass is 9.86. The Morgan fingerprint density at radius 2 is 1.85 bits per heavy atom. The molecule has 0 aromatic heterocycles. The third kappa shape index (κ3) is 3.66. The normalized spacial score (nSPS) is 22.9. The number of likely N-dealkylation sites (N-methyl/N-ethyl adjacent to an activating group) is 1. The highest BCUT2D eigenvalue weighted by molar-refractivity contribution is 5.86. The molecule has 2 aromatic carbocycles. The van der Waals surface area contributed by atoms with E-state index >= 15 is 0 Å². The first-order valence-corrected chi connectivity index (χ1v) is 10.2. The highest BCUT2D eigenvalue weighted by atomic mass is 16.1. The van der Waals surface area contributed by atoms with Gasteiger partial charge >= 0.3 is 0 Å². The van der Waals surface area contributed by atoms with E-state index in [2.05, 4.69) is 73.3 Å². The van der Waals surface area contributed by atoms with Gasteiger partial charge in [-0.05, 0) is 62.4 Å². The predicted molar refractivity (Wildman–Crippen MR) is 111 cm³/mol. The zero-order chi connectivity index (χ0) is 19.0. The van der Waals surface area contributed by atoms with Crippen LogP contribution < -0.4 is 4.90 Å². The molecule has 0 aliphatic carbocycles. The van der Waals surface area contributed by atoms with Gasteiger partial charge in [0.1, 0.15) is 0 Å². The molecule has 0 radical (unpaired) electrons. The highest BCUT2D eigenvalue weighted by Crippen LogP contribution is 2.39. The number of Topliss-reactive ketones (excluding diaryl/α,β-unsaturated/α-hetero) is 1. The van der Waals surface area contributed by atoms with Crippen LogP contribution in [0.4, 0.5) is 5.69 Å². The van der Waals surface area contributed by atoms with Crippen LogP contribution in [0.1, 0.15) is 41.1 Å². The molecule has 2 heterocycles. The number of carbonyl (C=O) groups excluding carboxylic acids is 1. The Bertz CT molecular complexity index is 827. The molecule has 1 saturated heterocycles. The van der Waals surface area contributed by atoms with Crippen LogP contribution in [-0.2, 0) is 17.6 Å². The third-order valence-corrected chi connectivity index (χ3v) is 6.34. The molecule has 3 nitrogen and oxygen atoms in total. The van der Waals surface area contributed by atoms with E-state index < -0.39 is 0 Å². The minimum atomic E-state index is 0.0932. The second-order valence-corrected chi connectivity index (χ2v) is 8.37. The summed E-state index contributed by atoms with van der Waals surface area (Å²) in [6, 6.07) is 15.8. The number of benzene rings is 2. The summed E-state index contributed by atoms with van der Waals surface area (Å²) in [7, 11) is 4.27. The largest absolute Gasteiger partial charge is 0.374 e. The van der Waals surface area contributed by atoms with E-state index in [9.17, 15) is 4.79 Å². The number of hydrogen-bond donors (Lipinski definition) is 0. The van der Waals surface area contributed by atoms with E-state index in [1.807, 2.05) is 0 Å². The standard InChI is InChI=1S/C24H30N2O/c1-17-6-8-18(9-7-17)10-12-21-23(27)16-26(3)24(21)20-11-13-22-19(15-20)5-4-14-25(22)2/h6-9,11,13,15,21,24H,4-5,10,12,14,16H2,1-3H3. The van der Waals surface area contributed by atoms with E-state index in [0.29, 0.717) is 12.3 Å². The fourth-order valence-corrected chi connectivity index (χ4v) is 4.82. The zero-order valence-electron chi connectivity index (χ0n) is 16.7. The van der Waals surface area contributed by atoms with Crippen molar-refractivity contribution in [1.82, 2.24) is 4.90 Å². The van der Waals surface area contributed by atoms with Crippen molar-refractivity contribution in [3.05, 3.63) is 64.7 Å². The first kappa shape index (κ1) is 18.2. The molecule has 142 valence electrons. The fraction of sp³-hybridized carbons (Fsp3) is 0.458. The zero-order valence-corrected chi connectivity index (χ0v) is 16.7. The molecule has 2 aromatic rings. The molecule has 2 atom stereocenters. The van der Waals surface area contributed by atoms with E-state index in [1.54, 1.807) is 0 Å². The number of likely N-dealkylation sites (tertiary alicyclic amines) is 1. The van der Waals surface area contributed by atoms with Crippen molar-refractivity contribution in [1.29, 1.82) is 0 Å². The molecule has 27 heavy (non-hydrogen) atoms. The van der Waals surface area contributed by atoms with Crippen LogP contribution >= 0.6 is 0 Å². The summed E-state index contributed by atoms with van der Waals surface area (Å²) in [6.45, 7) is 3.82. The van der Waals surface area contributed by atoms with Gasteiger partial charge < -0.3 is 4.90 Å². The SMILES string of the molecule is Cc1ccc(CCC2C(=O)CN(C)C2c2ccc3c(c2)CCCN3C)cc1. The molecule has 3 heteroatoms. The van der Waals surface area contributed by atoms with Crippen molar-refractivity contribution >= 4 is 11.5 Å². The molecule has 2 aliphatic heterocycles. The summed E-state index contributed by atoms with van der Waals surface area (Å²) in [5.41, 5.74) is 6.71. The molecule has 2 aliphatic rings. The topological polar surface area (TPSA) is 23.6 Å². The Morgan fingerprint density at radius 1 is 1.07 bits per heavy atom. The Kier molecular flexibility index (Phi) is 5.05. The van der Waals surface area contributed by atoms with Crippen LogP contribution in [0.25, 0.3) is 0 Å². The van der Waals surface area contributed by atoms with Gasteiger partial charge in [-0.3, -0.25) is 9.69 Å². The second kappa shape index (κ2) is 7.47. The minimum Gasteiger partial charge on any atom is -0.374 e. The van der Waals surface area contributed by atoms with Gasteiger partial charge in [-0.2, -0.15) is 0 Å². The Morgan fingerprint density at radius 3 is 2.63 bits per heavy atom. The van der Waals surface area contributed by atoms with Crippen molar-refractivity contribution in [2.24, 2.45) is 5.92 Å². The summed E-state index contributed by atoms with van der Waals surface area (Å²) >= 11 is 0. The molecular weight excluding hydrogens is 332 g/mol. The van der Waals surface area contributed by atoms with Crippen LogP contribution in [-0.4, -0.2) is 37.9 Å². The summed E-state index contributed by atoms with van der Waals surface area (Å²) in [6.07, 6.45) is 4.25. The first-order chi connectivity index (χ1) is 13.0. The molecule has 0 saturated carbocycles. The minimum absolute atomic E-state index is 0.0932. The smallest absolute Gasteiger partial charge is 0.151 e. The molecule has 2 unspecified atom stereocenters. The number of nitrogens with zero attached hydrogens (tertiary/aromatic N) is 2. The van der Waals surface area contributed by atoms with Gasteiger partial charge in [0.05, 0.1) is 6.54 Å². The van der Waals surface area contributed by atoms with Crippen LogP contribution in [0, 0.1) is 12.8 Å². The molecule has 1 fully saturated rings.